The molecular formula is C23H44N4. The molecule has 0 aromatic heterocycles. The minimum Gasteiger partial charge on any atom is -0.354 e. The van der Waals surface area contributed by atoms with E-state index in [1.54, 1.807) is 0 Å². The van der Waals surface area contributed by atoms with Crippen molar-refractivity contribution in [2.24, 2.45) is 21.6 Å². The van der Waals surface area contributed by atoms with E-state index in [4.69, 9.17) is 10.7 Å². The summed E-state index contributed by atoms with van der Waals surface area (Å²) in [6.45, 7) is 7.96. The monoisotopic (exact) mass is 376 g/mol. The molecular weight excluding hydrogens is 332 g/mol. The third-order valence-corrected chi connectivity index (χ3v) is 7.11. The second-order valence-electron chi connectivity index (χ2n) is 10.9. The molecule has 0 saturated heterocycles. The second kappa shape index (κ2) is 9.15. The first kappa shape index (κ1) is 21.0. The summed E-state index contributed by atoms with van der Waals surface area (Å²) in [5.41, 5.74) is 6.75. The van der Waals surface area contributed by atoms with E-state index in [9.17, 15) is 0 Å². The van der Waals surface area contributed by atoms with E-state index >= 15 is 0 Å². The highest BCUT2D eigenvalue weighted by molar-refractivity contribution is 5.80. The zero-order chi connectivity index (χ0) is 19.3. The van der Waals surface area contributed by atoms with Crippen LogP contribution in [0, 0.1) is 10.8 Å². The molecule has 2 unspecified atom stereocenters. The Labute approximate surface area is 167 Å². The molecule has 3 aliphatic rings. The lowest BCUT2D eigenvalue weighted by atomic mass is 9.62. The van der Waals surface area contributed by atoms with Crippen LogP contribution in [-0.4, -0.2) is 30.6 Å². The maximum absolute atomic E-state index is 6.18. The Morgan fingerprint density at radius 1 is 0.852 bits per heavy atom. The Balaban J connectivity index is 1.70. The minimum atomic E-state index is 0.236. The number of nitrogens with one attached hydrogen (secondary N) is 2. The first-order valence-electron chi connectivity index (χ1n) is 11.7. The molecule has 0 bridgehead atoms. The lowest BCUT2D eigenvalue weighted by Crippen LogP contribution is -2.53. The van der Waals surface area contributed by atoms with E-state index in [0.717, 1.165) is 18.9 Å². The molecule has 4 N–H and O–H groups in total. The Bertz CT molecular complexity index is 489. The number of hydrogen-bond acceptors (Lipinski definition) is 2. The van der Waals surface area contributed by atoms with Crippen molar-refractivity contribution < 1.29 is 0 Å². The van der Waals surface area contributed by atoms with Gasteiger partial charge >= 0.3 is 0 Å². The normalized spacial score (nSPS) is 33.6. The summed E-state index contributed by atoms with van der Waals surface area (Å²) >= 11 is 0. The van der Waals surface area contributed by atoms with Gasteiger partial charge in [0.05, 0.1) is 6.04 Å². The third-order valence-electron chi connectivity index (χ3n) is 7.11. The topological polar surface area (TPSA) is 62.4 Å². The van der Waals surface area contributed by atoms with E-state index in [2.05, 4.69) is 31.4 Å². The number of hydrogen-bond donors (Lipinski definition) is 3. The Morgan fingerprint density at radius 2 is 1.44 bits per heavy atom. The Hall–Kier alpha value is -0.770. The highest BCUT2D eigenvalue weighted by atomic mass is 15.2. The van der Waals surface area contributed by atoms with Gasteiger partial charge in [0, 0.05) is 12.1 Å². The molecule has 3 aliphatic carbocycles. The number of guanidine groups is 1. The maximum atomic E-state index is 6.18. The Kier molecular flexibility index (Phi) is 7.10. The van der Waals surface area contributed by atoms with Crippen molar-refractivity contribution in [3.63, 3.8) is 0 Å². The number of nitrogens with zero attached hydrogens (tertiary/aromatic N) is 1. The SMILES string of the molecule is CC1(C)CC(NC(=NC2CCCCC2)NC2CCCCC2)CC(C)(CN)C1. The van der Waals surface area contributed by atoms with E-state index in [1.807, 2.05) is 0 Å². The highest BCUT2D eigenvalue weighted by Gasteiger charge is 2.40. The minimum absolute atomic E-state index is 0.236. The van der Waals surface area contributed by atoms with Gasteiger partial charge < -0.3 is 16.4 Å². The number of rotatable bonds is 4. The zero-order valence-corrected chi connectivity index (χ0v) is 18.2. The van der Waals surface area contributed by atoms with Crippen LogP contribution in [0.5, 0.6) is 0 Å². The second-order valence-corrected chi connectivity index (χ2v) is 10.9. The molecule has 4 heteroatoms. The zero-order valence-electron chi connectivity index (χ0n) is 18.2. The van der Waals surface area contributed by atoms with Crippen LogP contribution in [0.4, 0.5) is 0 Å². The smallest absolute Gasteiger partial charge is 0.191 e. The molecule has 156 valence electrons. The fourth-order valence-corrected chi connectivity index (χ4v) is 6.03. The quantitative estimate of drug-likeness (QED) is 0.491. The first-order chi connectivity index (χ1) is 12.9. The van der Waals surface area contributed by atoms with Gasteiger partial charge in [-0.2, -0.15) is 0 Å². The van der Waals surface area contributed by atoms with Gasteiger partial charge in [0.2, 0.25) is 0 Å². The van der Waals surface area contributed by atoms with Gasteiger partial charge in [0.1, 0.15) is 0 Å². The van der Waals surface area contributed by atoms with Crippen LogP contribution < -0.4 is 16.4 Å². The van der Waals surface area contributed by atoms with Crippen LogP contribution in [0.1, 0.15) is 104 Å². The van der Waals surface area contributed by atoms with E-state index in [1.165, 1.54) is 77.0 Å². The van der Waals surface area contributed by atoms with E-state index in [-0.39, 0.29) is 5.41 Å². The molecule has 2 atom stereocenters. The van der Waals surface area contributed by atoms with Gasteiger partial charge in [-0.25, -0.2) is 4.99 Å². The number of nitrogens with two attached hydrogens (primary N) is 1. The van der Waals surface area contributed by atoms with Crippen LogP contribution in [0.2, 0.25) is 0 Å². The van der Waals surface area contributed by atoms with Gasteiger partial charge in [0.15, 0.2) is 5.96 Å². The van der Waals surface area contributed by atoms with Gasteiger partial charge in [-0.15, -0.1) is 0 Å². The lowest BCUT2D eigenvalue weighted by Gasteiger charge is -2.47. The predicted octanol–water partition coefficient (Wildman–Crippen LogP) is 4.73. The summed E-state index contributed by atoms with van der Waals surface area (Å²) in [4.78, 5) is 5.21. The summed E-state index contributed by atoms with van der Waals surface area (Å²) < 4.78 is 0. The fourth-order valence-electron chi connectivity index (χ4n) is 6.03. The van der Waals surface area contributed by atoms with Crippen molar-refractivity contribution in [1.82, 2.24) is 10.6 Å². The Morgan fingerprint density at radius 3 is 2.07 bits per heavy atom. The molecule has 0 spiro atoms. The molecule has 0 amide bonds. The highest BCUT2D eigenvalue weighted by Crippen LogP contribution is 2.45. The molecule has 0 radical (unpaired) electrons. The third kappa shape index (κ3) is 6.37. The van der Waals surface area contributed by atoms with Crippen LogP contribution >= 0.6 is 0 Å². The van der Waals surface area contributed by atoms with Gasteiger partial charge in [-0.05, 0) is 62.3 Å². The molecule has 27 heavy (non-hydrogen) atoms. The predicted molar refractivity (Wildman–Crippen MR) is 116 cm³/mol. The van der Waals surface area contributed by atoms with E-state index < -0.39 is 0 Å². The van der Waals surface area contributed by atoms with Crippen molar-refractivity contribution in [2.75, 3.05) is 6.54 Å². The van der Waals surface area contributed by atoms with Crippen molar-refractivity contribution in [2.45, 2.75) is 122 Å². The van der Waals surface area contributed by atoms with E-state index in [0.29, 0.717) is 23.5 Å². The summed E-state index contributed by atoms with van der Waals surface area (Å²) in [7, 11) is 0. The van der Waals surface area contributed by atoms with Gasteiger partial charge in [0.25, 0.3) is 0 Å². The van der Waals surface area contributed by atoms with Crippen molar-refractivity contribution in [1.29, 1.82) is 0 Å². The van der Waals surface area contributed by atoms with Crippen molar-refractivity contribution in [3.05, 3.63) is 0 Å². The van der Waals surface area contributed by atoms with Gasteiger partial charge in [-0.3, -0.25) is 0 Å². The van der Waals surface area contributed by atoms with Crippen LogP contribution in [-0.2, 0) is 0 Å². The molecule has 0 aromatic carbocycles. The molecule has 0 heterocycles. The van der Waals surface area contributed by atoms with Crippen molar-refractivity contribution >= 4 is 5.96 Å². The average Bonchev–Trinajstić information content (AvgIpc) is 2.62. The number of aliphatic imine (C=N–C) groups is 1. The largest absolute Gasteiger partial charge is 0.354 e. The van der Waals surface area contributed by atoms with Crippen molar-refractivity contribution in [3.8, 4) is 0 Å². The molecule has 3 saturated carbocycles. The summed E-state index contributed by atoms with van der Waals surface area (Å²) in [6, 6.07) is 1.58. The molecule has 3 fully saturated rings. The molecule has 4 nitrogen and oxygen atoms in total. The summed E-state index contributed by atoms with van der Waals surface area (Å²) in [5.74, 6) is 1.09. The lowest BCUT2D eigenvalue weighted by molar-refractivity contribution is 0.0834. The fraction of sp³-hybridized carbons (Fsp3) is 0.957. The standard InChI is InChI=1S/C23H44N4/c1-22(2)14-20(15-23(3,16-22)17-24)27-21(25-18-10-6-4-7-11-18)26-19-12-8-5-9-13-19/h18-20H,4-17,24H2,1-3H3,(H2,25,26,27). The maximum Gasteiger partial charge on any atom is 0.191 e. The molecule has 0 aliphatic heterocycles. The molecule has 3 rings (SSSR count). The summed E-state index contributed by atoms with van der Waals surface area (Å²) in [5, 5.41) is 7.71. The van der Waals surface area contributed by atoms with Gasteiger partial charge in [-0.1, -0.05) is 59.3 Å². The average molecular weight is 377 g/mol. The van der Waals surface area contributed by atoms with Crippen LogP contribution in [0.15, 0.2) is 4.99 Å². The molecule has 0 aromatic rings. The first-order valence-corrected chi connectivity index (χ1v) is 11.7. The van der Waals surface area contributed by atoms with Crippen LogP contribution in [0.3, 0.4) is 0 Å². The summed E-state index contributed by atoms with van der Waals surface area (Å²) in [6.07, 6.45) is 16.9. The van der Waals surface area contributed by atoms with Crippen LogP contribution in [0.25, 0.3) is 0 Å².